The summed E-state index contributed by atoms with van der Waals surface area (Å²) in [4.78, 5) is 0.843. The normalized spacial score (nSPS) is 11.8. The van der Waals surface area contributed by atoms with Gasteiger partial charge in [-0.15, -0.1) is 11.3 Å². The smallest absolute Gasteiger partial charge is 0.206 e. The monoisotopic (exact) mass is 359 g/mol. The Bertz CT molecular complexity index is 859. The molecule has 0 spiro atoms. The lowest BCUT2D eigenvalue weighted by Gasteiger charge is -2.08. The van der Waals surface area contributed by atoms with Gasteiger partial charge < -0.3 is 0 Å². The standard InChI is InChI=1S/C15H12F3NO2S2/c1-11-8-9-14(22-11)23(20,21)19-10-4-6-12-5-2-3-7-13(12)15(16,17)18/h2-3,5,7-9,19H,10H2,1H3. The number of hydrogen-bond donors (Lipinski definition) is 1. The molecule has 122 valence electrons. The van der Waals surface area contributed by atoms with Gasteiger partial charge in [0.05, 0.1) is 12.1 Å². The van der Waals surface area contributed by atoms with E-state index in [9.17, 15) is 21.6 Å². The fourth-order valence-electron chi connectivity index (χ4n) is 1.74. The van der Waals surface area contributed by atoms with Crippen molar-refractivity contribution in [1.29, 1.82) is 0 Å². The number of thiophene rings is 1. The maximum absolute atomic E-state index is 12.8. The number of hydrogen-bond acceptors (Lipinski definition) is 3. The predicted octanol–water partition coefficient (Wildman–Crippen LogP) is 3.41. The first-order valence-corrected chi connectivity index (χ1v) is 8.71. The molecule has 0 fully saturated rings. The van der Waals surface area contributed by atoms with Crippen LogP contribution in [-0.2, 0) is 16.2 Å². The van der Waals surface area contributed by atoms with Gasteiger partial charge in [0.2, 0.25) is 0 Å². The first kappa shape index (κ1) is 17.5. The molecule has 1 aromatic carbocycles. The summed E-state index contributed by atoms with van der Waals surface area (Å²) in [6.45, 7) is 1.50. The SMILES string of the molecule is Cc1ccc(S(=O)(=O)NCC#Cc2ccccc2C(F)(F)F)s1. The highest BCUT2D eigenvalue weighted by Gasteiger charge is 2.32. The van der Waals surface area contributed by atoms with Crippen LogP contribution in [0.25, 0.3) is 0 Å². The van der Waals surface area contributed by atoms with Crippen molar-refractivity contribution >= 4 is 21.4 Å². The molecule has 1 N–H and O–H groups in total. The van der Waals surface area contributed by atoms with Crippen LogP contribution in [0.1, 0.15) is 16.0 Å². The minimum absolute atomic E-state index is 0.146. The first-order chi connectivity index (χ1) is 10.7. The molecule has 8 heteroatoms. The Morgan fingerprint density at radius 3 is 2.48 bits per heavy atom. The molecule has 2 rings (SSSR count). The second-order valence-corrected chi connectivity index (χ2v) is 7.82. The minimum atomic E-state index is -4.50. The molecule has 3 nitrogen and oxygen atoms in total. The number of alkyl halides is 3. The maximum Gasteiger partial charge on any atom is 0.417 e. The number of nitrogens with one attached hydrogen (secondary N) is 1. The summed E-state index contributed by atoms with van der Waals surface area (Å²) >= 11 is 1.11. The summed E-state index contributed by atoms with van der Waals surface area (Å²) in [6.07, 6.45) is -4.50. The van der Waals surface area contributed by atoms with Crippen molar-refractivity contribution in [3.63, 3.8) is 0 Å². The van der Waals surface area contributed by atoms with E-state index in [1.165, 1.54) is 24.3 Å². The van der Waals surface area contributed by atoms with Crippen molar-refractivity contribution in [3.05, 3.63) is 52.4 Å². The van der Waals surface area contributed by atoms with E-state index in [1.807, 2.05) is 0 Å². The van der Waals surface area contributed by atoms with Gasteiger partial charge in [-0.1, -0.05) is 24.0 Å². The molecule has 0 aliphatic heterocycles. The van der Waals surface area contributed by atoms with Crippen LogP contribution in [0.4, 0.5) is 13.2 Å². The average Bonchev–Trinajstić information content (AvgIpc) is 2.90. The molecule has 0 saturated carbocycles. The Morgan fingerprint density at radius 1 is 1.17 bits per heavy atom. The number of sulfonamides is 1. The molecule has 0 amide bonds. The third kappa shape index (κ3) is 4.58. The molecule has 0 unspecified atom stereocenters. The zero-order valence-electron chi connectivity index (χ0n) is 11.9. The molecule has 0 bridgehead atoms. The number of aryl methyl sites for hydroxylation is 1. The predicted molar refractivity (Wildman–Crippen MR) is 82.6 cm³/mol. The third-order valence-corrected chi connectivity index (χ3v) is 5.68. The van der Waals surface area contributed by atoms with E-state index >= 15 is 0 Å². The maximum atomic E-state index is 12.8. The van der Waals surface area contributed by atoms with Crippen LogP contribution in [-0.4, -0.2) is 15.0 Å². The summed E-state index contributed by atoms with van der Waals surface area (Å²) < 4.78 is 64.6. The van der Waals surface area contributed by atoms with Crippen molar-refractivity contribution in [1.82, 2.24) is 4.72 Å². The van der Waals surface area contributed by atoms with Crippen LogP contribution in [0, 0.1) is 18.8 Å². The molecule has 0 aliphatic carbocycles. The lowest BCUT2D eigenvalue weighted by molar-refractivity contribution is -0.137. The first-order valence-electron chi connectivity index (χ1n) is 6.41. The van der Waals surface area contributed by atoms with E-state index in [2.05, 4.69) is 16.6 Å². The second-order valence-electron chi connectivity index (χ2n) is 4.53. The van der Waals surface area contributed by atoms with E-state index in [-0.39, 0.29) is 16.3 Å². The zero-order chi connectivity index (χ0) is 17.1. The van der Waals surface area contributed by atoms with E-state index in [4.69, 9.17) is 0 Å². The molecule has 1 aromatic heterocycles. The molecule has 1 heterocycles. The van der Waals surface area contributed by atoms with E-state index < -0.39 is 21.8 Å². The van der Waals surface area contributed by atoms with Crippen molar-refractivity contribution in [2.45, 2.75) is 17.3 Å². The summed E-state index contributed by atoms with van der Waals surface area (Å²) in [5.74, 6) is 4.77. The van der Waals surface area contributed by atoms with E-state index in [1.54, 1.807) is 13.0 Å². The van der Waals surface area contributed by atoms with Gasteiger partial charge in [0.15, 0.2) is 0 Å². The van der Waals surface area contributed by atoms with Crippen molar-refractivity contribution < 1.29 is 21.6 Å². The summed E-state index contributed by atoms with van der Waals surface area (Å²) in [6, 6.07) is 8.03. The molecule has 0 atom stereocenters. The van der Waals surface area contributed by atoms with Crippen LogP contribution < -0.4 is 4.72 Å². The van der Waals surface area contributed by atoms with Gasteiger partial charge >= 0.3 is 6.18 Å². The molecule has 0 radical (unpaired) electrons. The number of benzene rings is 1. The summed E-state index contributed by atoms with van der Waals surface area (Å²) in [5.41, 5.74) is -1.03. The Labute approximate surface area is 136 Å². The zero-order valence-corrected chi connectivity index (χ0v) is 13.6. The highest BCUT2D eigenvalue weighted by atomic mass is 32.2. The average molecular weight is 359 g/mol. The van der Waals surface area contributed by atoms with Gasteiger partial charge in [0.1, 0.15) is 4.21 Å². The Hall–Kier alpha value is -1.82. The summed E-state index contributed by atoms with van der Waals surface area (Å²) in [5, 5.41) is 0. The highest BCUT2D eigenvalue weighted by molar-refractivity contribution is 7.91. The summed E-state index contributed by atoms with van der Waals surface area (Å²) in [7, 11) is -3.69. The number of rotatable bonds is 3. The van der Waals surface area contributed by atoms with Crippen molar-refractivity contribution in [2.75, 3.05) is 6.54 Å². The van der Waals surface area contributed by atoms with Crippen LogP contribution in [0.5, 0.6) is 0 Å². The van der Waals surface area contributed by atoms with Gasteiger partial charge in [0, 0.05) is 10.4 Å². The Kier molecular flexibility index (Phi) is 5.14. The quantitative estimate of drug-likeness (QED) is 0.854. The second kappa shape index (κ2) is 6.74. The number of halogens is 3. The molecular formula is C15H12F3NO2S2. The van der Waals surface area contributed by atoms with Crippen molar-refractivity contribution in [2.24, 2.45) is 0 Å². The highest BCUT2D eigenvalue weighted by Crippen LogP contribution is 2.31. The Balaban J connectivity index is 2.11. The van der Waals surface area contributed by atoms with Gasteiger partial charge in [-0.3, -0.25) is 0 Å². The molecule has 23 heavy (non-hydrogen) atoms. The lowest BCUT2D eigenvalue weighted by atomic mass is 10.1. The largest absolute Gasteiger partial charge is 0.417 e. The van der Waals surface area contributed by atoms with Crippen LogP contribution in [0.3, 0.4) is 0 Å². The molecule has 0 saturated heterocycles. The molecular weight excluding hydrogens is 347 g/mol. The minimum Gasteiger partial charge on any atom is -0.206 e. The fourth-order valence-corrected chi connectivity index (χ4v) is 3.99. The van der Waals surface area contributed by atoms with Crippen LogP contribution >= 0.6 is 11.3 Å². The fraction of sp³-hybridized carbons (Fsp3) is 0.200. The third-order valence-electron chi connectivity index (χ3n) is 2.79. The van der Waals surface area contributed by atoms with Crippen molar-refractivity contribution in [3.8, 4) is 11.8 Å². The van der Waals surface area contributed by atoms with Gasteiger partial charge in [0.25, 0.3) is 10.0 Å². The van der Waals surface area contributed by atoms with Gasteiger partial charge in [-0.2, -0.15) is 17.9 Å². The van der Waals surface area contributed by atoms with Crippen LogP contribution in [0.15, 0.2) is 40.6 Å². The van der Waals surface area contributed by atoms with E-state index in [0.29, 0.717) is 0 Å². The Morgan fingerprint density at radius 2 is 1.87 bits per heavy atom. The molecule has 2 aromatic rings. The van der Waals surface area contributed by atoms with Crippen LogP contribution in [0.2, 0.25) is 0 Å². The van der Waals surface area contributed by atoms with Gasteiger partial charge in [-0.25, -0.2) is 8.42 Å². The lowest BCUT2D eigenvalue weighted by Crippen LogP contribution is -2.23. The van der Waals surface area contributed by atoms with Gasteiger partial charge in [-0.05, 0) is 31.2 Å². The van der Waals surface area contributed by atoms with E-state index in [0.717, 1.165) is 22.3 Å². The topological polar surface area (TPSA) is 46.2 Å². The molecule has 0 aliphatic rings.